The molecule has 0 atom stereocenters. The predicted octanol–water partition coefficient (Wildman–Crippen LogP) is 2.56. The normalized spacial score (nSPS) is 32.7. The Hall–Kier alpha value is -0.0400. The maximum Gasteiger partial charge on any atom is 0.00696 e. The van der Waals surface area contributed by atoms with Crippen LogP contribution < -0.4 is 5.32 Å². The lowest BCUT2D eigenvalue weighted by molar-refractivity contribution is 0.295. The fourth-order valence-electron chi connectivity index (χ4n) is 1.90. The molecule has 0 aromatic rings. The molecule has 11 heavy (non-hydrogen) atoms. The monoisotopic (exact) mass is 155 g/mol. The molecule has 0 aromatic heterocycles. The van der Waals surface area contributed by atoms with Gasteiger partial charge in [-0.1, -0.05) is 20.8 Å². The zero-order chi connectivity index (χ0) is 8.27. The average molecular weight is 155 g/mol. The molecular weight excluding hydrogens is 134 g/mol. The lowest BCUT2D eigenvalue weighted by Gasteiger charge is -2.28. The van der Waals surface area contributed by atoms with Gasteiger partial charge in [0.2, 0.25) is 0 Å². The van der Waals surface area contributed by atoms with E-state index in [0.717, 1.165) is 12.0 Å². The van der Waals surface area contributed by atoms with Crippen molar-refractivity contribution in [1.82, 2.24) is 5.32 Å². The maximum absolute atomic E-state index is 3.60. The Kier molecular flexibility index (Phi) is 3.38. The van der Waals surface area contributed by atoms with Crippen molar-refractivity contribution in [3.05, 3.63) is 0 Å². The predicted molar refractivity (Wildman–Crippen MR) is 49.7 cm³/mol. The molecule has 0 amide bonds. The van der Waals surface area contributed by atoms with Crippen molar-refractivity contribution in [3.63, 3.8) is 0 Å². The summed E-state index contributed by atoms with van der Waals surface area (Å²) in [5.74, 6) is 0.972. The molecule has 1 aliphatic rings. The quantitative estimate of drug-likeness (QED) is 0.646. The summed E-state index contributed by atoms with van der Waals surface area (Å²) in [6.45, 7) is 6.83. The third-order valence-corrected chi connectivity index (χ3v) is 2.58. The van der Waals surface area contributed by atoms with Crippen LogP contribution in [0.25, 0.3) is 0 Å². The van der Waals surface area contributed by atoms with E-state index in [1.165, 1.54) is 25.7 Å². The summed E-state index contributed by atoms with van der Waals surface area (Å²) in [5, 5.41) is 3.60. The van der Waals surface area contributed by atoms with Crippen LogP contribution in [-0.2, 0) is 0 Å². The minimum Gasteiger partial charge on any atom is -0.312 e. The Bertz CT molecular complexity index is 101. The minimum absolute atomic E-state index is 0.661. The van der Waals surface area contributed by atoms with Crippen LogP contribution in [0.15, 0.2) is 0 Å². The SMILES string of the molecule is CC(C)N[C@H]1CC[C@H](C)CC1. The molecule has 66 valence electrons. The van der Waals surface area contributed by atoms with Gasteiger partial charge in [-0.2, -0.15) is 0 Å². The Labute approximate surface area is 70.6 Å². The molecule has 0 unspecified atom stereocenters. The topological polar surface area (TPSA) is 12.0 Å². The number of hydrogen-bond donors (Lipinski definition) is 1. The van der Waals surface area contributed by atoms with E-state index in [2.05, 4.69) is 26.1 Å². The summed E-state index contributed by atoms with van der Waals surface area (Å²) < 4.78 is 0. The first kappa shape index (κ1) is 9.05. The highest BCUT2D eigenvalue weighted by Gasteiger charge is 2.17. The Morgan fingerprint density at radius 1 is 1.09 bits per heavy atom. The van der Waals surface area contributed by atoms with Crippen LogP contribution in [0.2, 0.25) is 0 Å². The van der Waals surface area contributed by atoms with Gasteiger partial charge in [0, 0.05) is 12.1 Å². The largest absolute Gasteiger partial charge is 0.312 e. The third kappa shape index (κ3) is 3.24. The Morgan fingerprint density at radius 2 is 1.64 bits per heavy atom. The molecule has 0 aliphatic heterocycles. The van der Waals surface area contributed by atoms with E-state index < -0.39 is 0 Å². The second-order valence-corrected chi connectivity index (χ2v) is 4.28. The molecule has 1 nitrogen and oxygen atoms in total. The molecule has 1 aliphatic carbocycles. The first-order chi connectivity index (χ1) is 5.18. The molecule has 0 radical (unpaired) electrons. The zero-order valence-electron chi connectivity index (χ0n) is 8.06. The Morgan fingerprint density at radius 3 is 2.09 bits per heavy atom. The van der Waals surface area contributed by atoms with Gasteiger partial charge in [-0.15, -0.1) is 0 Å². The van der Waals surface area contributed by atoms with Gasteiger partial charge in [-0.25, -0.2) is 0 Å². The van der Waals surface area contributed by atoms with E-state index in [1.54, 1.807) is 0 Å². The van der Waals surface area contributed by atoms with Crippen LogP contribution in [0.3, 0.4) is 0 Å². The Balaban J connectivity index is 2.17. The van der Waals surface area contributed by atoms with Crippen molar-refractivity contribution in [2.45, 2.75) is 58.5 Å². The molecule has 1 rings (SSSR count). The van der Waals surface area contributed by atoms with E-state index in [4.69, 9.17) is 0 Å². The van der Waals surface area contributed by atoms with Gasteiger partial charge in [0.15, 0.2) is 0 Å². The molecule has 1 N–H and O–H groups in total. The van der Waals surface area contributed by atoms with E-state index in [1.807, 2.05) is 0 Å². The van der Waals surface area contributed by atoms with E-state index in [0.29, 0.717) is 6.04 Å². The van der Waals surface area contributed by atoms with Crippen LogP contribution in [-0.4, -0.2) is 12.1 Å². The summed E-state index contributed by atoms with van der Waals surface area (Å²) >= 11 is 0. The van der Waals surface area contributed by atoms with Crippen molar-refractivity contribution in [1.29, 1.82) is 0 Å². The second kappa shape index (κ2) is 4.10. The van der Waals surface area contributed by atoms with Gasteiger partial charge < -0.3 is 5.32 Å². The fraction of sp³-hybridized carbons (Fsp3) is 1.00. The van der Waals surface area contributed by atoms with Crippen molar-refractivity contribution >= 4 is 0 Å². The molecule has 0 bridgehead atoms. The number of rotatable bonds is 2. The summed E-state index contributed by atoms with van der Waals surface area (Å²) in [4.78, 5) is 0. The van der Waals surface area contributed by atoms with Gasteiger partial charge in [-0.3, -0.25) is 0 Å². The molecule has 0 saturated heterocycles. The molecule has 1 fully saturated rings. The summed E-state index contributed by atoms with van der Waals surface area (Å²) in [5.41, 5.74) is 0. The van der Waals surface area contributed by atoms with E-state index in [9.17, 15) is 0 Å². The van der Waals surface area contributed by atoms with Crippen LogP contribution in [0.1, 0.15) is 46.5 Å². The fourth-order valence-corrected chi connectivity index (χ4v) is 1.90. The van der Waals surface area contributed by atoms with Gasteiger partial charge >= 0.3 is 0 Å². The summed E-state index contributed by atoms with van der Waals surface area (Å²) in [6, 6.07) is 1.47. The third-order valence-electron chi connectivity index (χ3n) is 2.58. The highest BCUT2D eigenvalue weighted by Crippen LogP contribution is 2.23. The lowest BCUT2D eigenvalue weighted by atomic mass is 9.87. The van der Waals surface area contributed by atoms with Crippen LogP contribution in [0, 0.1) is 5.92 Å². The van der Waals surface area contributed by atoms with Gasteiger partial charge in [0.05, 0.1) is 0 Å². The number of hydrogen-bond acceptors (Lipinski definition) is 1. The smallest absolute Gasteiger partial charge is 0.00696 e. The highest BCUT2D eigenvalue weighted by molar-refractivity contribution is 4.76. The summed E-state index contributed by atoms with van der Waals surface area (Å²) in [7, 11) is 0. The molecule has 0 spiro atoms. The van der Waals surface area contributed by atoms with Gasteiger partial charge in [0.25, 0.3) is 0 Å². The van der Waals surface area contributed by atoms with Crippen molar-refractivity contribution in [2.75, 3.05) is 0 Å². The average Bonchev–Trinajstić information content (AvgIpc) is 1.93. The molecule has 1 saturated carbocycles. The molecule has 0 heterocycles. The van der Waals surface area contributed by atoms with Gasteiger partial charge in [-0.05, 0) is 31.6 Å². The van der Waals surface area contributed by atoms with Gasteiger partial charge in [0.1, 0.15) is 0 Å². The zero-order valence-corrected chi connectivity index (χ0v) is 8.06. The molecule has 1 heteroatoms. The first-order valence-electron chi connectivity index (χ1n) is 4.94. The lowest BCUT2D eigenvalue weighted by Crippen LogP contribution is -2.37. The van der Waals surface area contributed by atoms with Crippen molar-refractivity contribution in [3.8, 4) is 0 Å². The highest BCUT2D eigenvalue weighted by atomic mass is 14.9. The van der Waals surface area contributed by atoms with Crippen LogP contribution >= 0.6 is 0 Å². The molecule has 0 aromatic carbocycles. The van der Waals surface area contributed by atoms with E-state index >= 15 is 0 Å². The maximum atomic E-state index is 3.60. The van der Waals surface area contributed by atoms with Crippen LogP contribution in [0.4, 0.5) is 0 Å². The first-order valence-corrected chi connectivity index (χ1v) is 4.94. The van der Waals surface area contributed by atoms with Crippen molar-refractivity contribution in [2.24, 2.45) is 5.92 Å². The number of nitrogens with one attached hydrogen (secondary N) is 1. The summed E-state index contributed by atoms with van der Waals surface area (Å²) in [6.07, 6.45) is 5.62. The van der Waals surface area contributed by atoms with Crippen molar-refractivity contribution < 1.29 is 0 Å². The second-order valence-electron chi connectivity index (χ2n) is 4.28. The van der Waals surface area contributed by atoms with Crippen LogP contribution in [0.5, 0.6) is 0 Å². The van der Waals surface area contributed by atoms with E-state index in [-0.39, 0.29) is 0 Å². The molecular formula is C10H21N. The standard InChI is InChI=1S/C10H21N/c1-8(2)11-10-6-4-9(3)5-7-10/h8-11H,4-7H2,1-3H3/t9-,10-. The minimum atomic E-state index is 0.661.